The molecule has 1 aromatic carbocycles. The first-order chi connectivity index (χ1) is 7.08. The van der Waals surface area contributed by atoms with Crippen LogP contribution in [0.15, 0.2) is 18.2 Å². The fourth-order valence-electron chi connectivity index (χ4n) is 2.01. The van der Waals surface area contributed by atoms with Gasteiger partial charge in [0, 0.05) is 0 Å². The van der Waals surface area contributed by atoms with Gasteiger partial charge in [-0.1, -0.05) is 13.0 Å². The minimum absolute atomic E-state index is 0.0868. The Balaban J connectivity index is 2.30. The van der Waals surface area contributed by atoms with E-state index < -0.39 is 6.61 Å². The van der Waals surface area contributed by atoms with E-state index in [4.69, 9.17) is 11.6 Å². The Morgan fingerprint density at radius 1 is 1.40 bits per heavy atom. The molecule has 0 aliphatic heterocycles. The number of rotatable bonds is 2. The van der Waals surface area contributed by atoms with E-state index in [1.807, 2.05) is 6.07 Å². The fourth-order valence-corrected chi connectivity index (χ4v) is 2.47. The minimum atomic E-state index is -2.78. The lowest BCUT2D eigenvalue weighted by molar-refractivity contribution is -0.0498. The highest BCUT2D eigenvalue weighted by Gasteiger charge is 2.27. The molecule has 82 valence electrons. The summed E-state index contributed by atoms with van der Waals surface area (Å²) in [5.74, 6) is 0.576. The Hall–Kier alpha value is -0.830. The van der Waals surface area contributed by atoms with E-state index in [9.17, 15) is 8.78 Å². The average molecular weight is 233 g/mol. The first-order valence-electron chi connectivity index (χ1n) is 4.80. The Morgan fingerprint density at radius 2 is 2.13 bits per heavy atom. The van der Waals surface area contributed by atoms with Crippen LogP contribution in [0.1, 0.15) is 35.8 Å². The maximum atomic E-state index is 12.0. The summed E-state index contributed by atoms with van der Waals surface area (Å²) in [7, 11) is 0. The van der Waals surface area contributed by atoms with Crippen LogP contribution < -0.4 is 4.74 Å². The van der Waals surface area contributed by atoms with Crippen molar-refractivity contribution in [3.63, 3.8) is 0 Å². The van der Waals surface area contributed by atoms with Crippen LogP contribution in [-0.4, -0.2) is 6.61 Å². The van der Waals surface area contributed by atoms with Crippen LogP contribution in [-0.2, 0) is 0 Å². The van der Waals surface area contributed by atoms with Crippen molar-refractivity contribution in [2.45, 2.75) is 31.3 Å². The van der Waals surface area contributed by atoms with Gasteiger partial charge in [-0.05, 0) is 35.6 Å². The summed E-state index contributed by atoms with van der Waals surface area (Å²) in [5.41, 5.74) is 2.05. The number of hydrogen-bond acceptors (Lipinski definition) is 1. The van der Waals surface area contributed by atoms with Crippen molar-refractivity contribution in [1.29, 1.82) is 0 Å². The molecule has 1 aromatic rings. The van der Waals surface area contributed by atoms with E-state index in [2.05, 4.69) is 11.7 Å². The Labute approximate surface area is 92.0 Å². The van der Waals surface area contributed by atoms with E-state index in [0.29, 0.717) is 5.92 Å². The molecule has 1 aliphatic carbocycles. The zero-order chi connectivity index (χ0) is 11.0. The quantitative estimate of drug-likeness (QED) is 0.699. The smallest absolute Gasteiger partial charge is 0.387 e. The summed E-state index contributed by atoms with van der Waals surface area (Å²) in [5, 5.41) is -0.0868. The first-order valence-corrected chi connectivity index (χ1v) is 5.24. The Kier molecular flexibility index (Phi) is 2.83. The minimum Gasteiger partial charge on any atom is -0.435 e. The molecule has 0 radical (unpaired) electrons. The summed E-state index contributed by atoms with van der Waals surface area (Å²) < 4.78 is 28.3. The van der Waals surface area contributed by atoms with E-state index in [1.165, 1.54) is 0 Å². The summed E-state index contributed by atoms with van der Waals surface area (Å²) in [6.07, 6.45) is 0.856. The van der Waals surface area contributed by atoms with Gasteiger partial charge in [0.15, 0.2) is 0 Å². The third-order valence-corrected chi connectivity index (χ3v) is 3.13. The summed E-state index contributed by atoms with van der Waals surface area (Å²) in [4.78, 5) is 0. The van der Waals surface area contributed by atoms with Gasteiger partial charge in [-0.15, -0.1) is 11.6 Å². The Bertz CT molecular complexity index is 368. The van der Waals surface area contributed by atoms with Crippen LogP contribution >= 0.6 is 11.6 Å². The molecular weight excluding hydrogens is 222 g/mol. The highest BCUT2D eigenvalue weighted by Crippen LogP contribution is 2.44. The third kappa shape index (κ3) is 2.07. The molecule has 0 fully saturated rings. The van der Waals surface area contributed by atoms with Crippen LogP contribution in [0.4, 0.5) is 8.78 Å². The molecule has 0 bridgehead atoms. The van der Waals surface area contributed by atoms with Gasteiger partial charge in [0.25, 0.3) is 0 Å². The Morgan fingerprint density at radius 3 is 2.80 bits per heavy atom. The lowest BCUT2D eigenvalue weighted by Gasteiger charge is -2.08. The largest absolute Gasteiger partial charge is 0.435 e. The van der Waals surface area contributed by atoms with Crippen molar-refractivity contribution >= 4 is 11.6 Å². The number of halogens is 3. The predicted molar refractivity (Wildman–Crippen MR) is 54.7 cm³/mol. The molecule has 0 saturated heterocycles. The summed E-state index contributed by atoms with van der Waals surface area (Å²) in [6.45, 7) is -0.704. The lowest BCUT2D eigenvalue weighted by atomic mass is 10.0. The van der Waals surface area contributed by atoms with Gasteiger partial charge in [-0.2, -0.15) is 8.78 Å². The van der Waals surface area contributed by atoms with Crippen molar-refractivity contribution in [1.82, 2.24) is 0 Å². The molecule has 1 aliphatic rings. The topological polar surface area (TPSA) is 9.23 Å². The summed E-state index contributed by atoms with van der Waals surface area (Å²) >= 11 is 6.10. The average Bonchev–Trinajstić information content (AvgIpc) is 2.41. The van der Waals surface area contributed by atoms with Gasteiger partial charge >= 0.3 is 6.61 Å². The monoisotopic (exact) mass is 232 g/mol. The normalized spacial score (nSPS) is 24.3. The van der Waals surface area contributed by atoms with Gasteiger partial charge in [0.05, 0.1) is 5.38 Å². The second kappa shape index (κ2) is 3.97. The number of benzene rings is 1. The van der Waals surface area contributed by atoms with E-state index in [-0.39, 0.29) is 11.1 Å². The van der Waals surface area contributed by atoms with Crippen molar-refractivity contribution in [3.05, 3.63) is 29.3 Å². The molecular formula is C11H11ClF2O. The molecule has 1 nitrogen and oxygen atoms in total. The molecule has 2 unspecified atom stereocenters. The van der Waals surface area contributed by atoms with Crippen LogP contribution in [0.3, 0.4) is 0 Å². The molecule has 0 amide bonds. The molecule has 2 atom stereocenters. The van der Waals surface area contributed by atoms with Crippen molar-refractivity contribution in [2.75, 3.05) is 0 Å². The first kappa shape index (κ1) is 10.7. The van der Waals surface area contributed by atoms with E-state index in [0.717, 1.165) is 17.5 Å². The molecule has 4 heteroatoms. The third-order valence-electron chi connectivity index (χ3n) is 2.71. The highest BCUT2D eigenvalue weighted by atomic mass is 35.5. The second-order valence-corrected chi connectivity index (χ2v) is 4.30. The van der Waals surface area contributed by atoms with Crippen molar-refractivity contribution in [2.24, 2.45) is 0 Å². The predicted octanol–water partition coefficient (Wildman–Crippen LogP) is 4.08. The molecule has 0 spiro atoms. The van der Waals surface area contributed by atoms with E-state index >= 15 is 0 Å². The number of ether oxygens (including phenoxy) is 1. The molecule has 0 aromatic heterocycles. The van der Waals surface area contributed by atoms with Crippen LogP contribution in [0.2, 0.25) is 0 Å². The van der Waals surface area contributed by atoms with Gasteiger partial charge < -0.3 is 4.74 Å². The zero-order valence-corrected chi connectivity index (χ0v) is 8.97. The van der Waals surface area contributed by atoms with Crippen LogP contribution in [0.5, 0.6) is 5.75 Å². The maximum Gasteiger partial charge on any atom is 0.387 e. The highest BCUT2D eigenvalue weighted by molar-refractivity contribution is 6.21. The molecule has 2 rings (SSSR count). The molecule has 0 heterocycles. The summed E-state index contributed by atoms with van der Waals surface area (Å²) in [6, 6.07) is 5.00. The SMILES string of the molecule is CC1CC(Cl)c2cc(OC(F)F)ccc21. The second-order valence-electron chi connectivity index (χ2n) is 3.77. The zero-order valence-electron chi connectivity index (χ0n) is 8.21. The number of alkyl halides is 3. The molecule has 0 saturated carbocycles. The van der Waals surface area contributed by atoms with Crippen molar-refractivity contribution < 1.29 is 13.5 Å². The lowest BCUT2D eigenvalue weighted by Crippen LogP contribution is -2.02. The van der Waals surface area contributed by atoms with Gasteiger partial charge in [-0.25, -0.2) is 0 Å². The molecule has 15 heavy (non-hydrogen) atoms. The standard InChI is InChI=1S/C11H11ClF2O/c1-6-4-10(12)9-5-7(15-11(13)14)2-3-8(6)9/h2-3,5-6,10-11H,4H2,1H3. The van der Waals surface area contributed by atoms with Crippen LogP contribution in [0, 0.1) is 0 Å². The fraction of sp³-hybridized carbons (Fsp3) is 0.455. The van der Waals surface area contributed by atoms with Crippen molar-refractivity contribution in [3.8, 4) is 5.75 Å². The number of hydrogen-bond donors (Lipinski definition) is 0. The maximum absolute atomic E-state index is 12.0. The van der Waals surface area contributed by atoms with Crippen LogP contribution in [0.25, 0.3) is 0 Å². The van der Waals surface area contributed by atoms with Gasteiger partial charge in [-0.3, -0.25) is 0 Å². The number of fused-ring (bicyclic) bond motifs is 1. The van der Waals surface area contributed by atoms with Gasteiger partial charge in [0.1, 0.15) is 5.75 Å². The van der Waals surface area contributed by atoms with E-state index in [1.54, 1.807) is 12.1 Å². The molecule has 0 N–H and O–H groups in total. The van der Waals surface area contributed by atoms with Gasteiger partial charge in [0.2, 0.25) is 0 Å².